The fourth-order valence-corrected chi connectivity index (χ4v) is 14.8. The van der Waals surface area contributed by atoms with E-state index in [9.17, 15) is 109 Å². The van der Waals surface area contributed by atoms with Crippen LogP contribution in [0.25, 0.3) is 0 Å². The summed E-state index contributed by atoms with van der Waals surface area (Å²) in [6.07, 6.45) is -15.9. The first-order chi connectivity index (χ1) is 40.1. The second-order valence-electron chi connectivity index (χ2n) is 24.6. The van der Waals surface area contributed by atoms with Gasteiger partial charge >= 0.3 is 5.97 Å². The smallest absolute Gasteiger partial charge is 0.326 e. The molecule has 33 heteroatoms. The number of aliphatic hydroxyl groups excluding tert-OH is 10. The molecule has 0 spiro atoms. The van der Waals surface area contributed by atoms with Crippen LogP contribution in [0, 0.1) is 0 Å². The summed E-state index contributed by atoms with van der Waals surface area (Å²) in [6, 6.07) is -14.5. The molecule has 0 aromatic heterocycles. The van der Waals surface area contributed by atoms with Gasteiger partial charge in [-0.2, -0.15) is 0 Å². The maximum Gasteiger partial charge on any atom is 0.326 e. The fraction of sp³-hybridized carbons (Fsp3) is 0.788. The molecule has 0 aromatic carbocycles. The van der Waals surface area contributed by atoms with E-state index in [4.69, 9.17) is 5.73 Å². The maximum atomic E-state index is 14.8. The normalized spacial score (nSPS) is 38.4. The summed E-state index contributed by atoms with van der Waals surface area (Å²) < 4.78 is 0. The number of carboxylic acid groups (broad SMARTS) is 1. The van der Waals surface area contributed by atoms with Crippen LogP contribution < -0.4 is 5.73 Å². The van der Waals surface area contributed by atoms with Crippen molar-refractivity contribution in [3.63, 3.8) is 0 Å². The molecule has 0 unspecified atom stereocenters. The Hall–Kier alpha value is -6.27. The summed E-state index contributed by atoms with van der Waals surface area (Å²) >= 11 is 0. The first-order valence-corrected chi connectivity index (χ1v) is 28.9. The van der Waals surface area contributed by atoms with Crippen molar-refractivity contribution in [1.82, 2.24) is 49.0 Å². The van der Waals surface area contributed by atoms with E-state index in [1.807, 2.05) is 0 Å². The van der Waals surface area contributed by atoms with Crippen molar-refractivity contribution in [3.8, 4) is 0 Å². The summed E-state index contributed by atoms with van der Waals surface area (Å²) in [7, 11) is 0. The molecule has 0 bridgehead atoms. The Bertz CT molecular complexity index is 2710. The average molecular weight is 1210 g/mol. The first-order valence-electron chi connectivity index (χ1n) is 28.9. The highest BCUT2D eigenvalue weighted by atomic mass is 16.4. The standard InChI is InChI=1S/C52H75N11O22/c53-11-42(74)54-12-22(64)1-32(54)43(75)55-13-23(65)2-33(55)44(76)56-14-24(66)3-34(56)45(77)57-15-25(67)4-35(57)46(78)58-16-26(68)5-36(58)47(79)59-17-27(69)6-37(59)48(80)60-18-28(70)7-38(60)49(81)61-19-29(71)8-39(61)50(82)62-20-30(72)9-40(62)51(83)63-21-31(73)10-41(63)52(84)85/h22-41,64-73H,1-21,53H2,(H,84,85)/t22-,23-,24-,25-,26-,27-,28-,29-,30-,31-,32+,33+,34+,35+,36+,37+,38+,39+,40+,41+/m1/s1. The number of likely N-dealkylation sites (tertiary alicyclic amines) is 10. The number of rotatable bonds is 11. The zero-order valence-corrected chi connectivity index (χ0v) is 46.4. The highest BCUT2D eigenvalue weighted by Gasteiger charge is 2.57. The van der Waals surface area contributed by atoms with Gasteiger partial charge in [0.1, 0.15) is 60.4 Å². The van der Waals surface area contributed by atoms with Crippen molar-refractivity contribution in [2.45, 2.75) is 186 Å². The fourth-order valence-electron chi connectivity index (χ4n) is 14.8. The van der Waals surface area contributed by atoms with Gasteiger partial charge in [0.25, 0.3) is 0 Å². The summed E-state index contributed by atoms with van der Waals surface area (Å²) in [4.78, 5) is 165. The van der Waals surface area contributed by atoms with E-state index in [2.05, 4.69) is 0 Å². The topological polar surface area (TPSA) is 469 Å². The number of aliphatic hydroxyl groups is 10. The monoisotopic (exact) mass is 1210 g/mol. The van der Waals surface area contributed by atoms with Gasteiger partial charge in [-0.25, -0.2) is 4.79 Å². The number of nitrogens with two attached hydrogens (primary N) is 1. The summed E-state index contributed by atoms with van der Waals surface area (Å²) in [5.74, 6) is -9.97. The number of β-amino-alcohol motifs (C(OH)–C–C–N with tert-alkyl or cyclic N) is 10. The number of hydrogen-bond donors (Lipinski definition) is 12. The van der Waals surface area contributed by atoms with E-state index in [1.165, 1.54) is 0 Å². The second kappa shape index (κ2) is 24.1. The molecule has 0 radical (unpaired) electrons. The van der Waals surface area contributed by atoms with Gasteiger partial charge in [-0.3, -0.25) is 47.9 Å². The molecular formula is C52H75N11O22. The molecule has 10 heterocycles. The minimum Gasteiger partial charge on any atom is -0.480 e. The lowest BCUT2D eigenvalue weighted by molar-refractivity contribution is -0.156. The molecular weight excluding hydrogens is 1130 g/mol. The summed E-state index contributed by atoms with van der Waals surface area (Å²) in [5.41, 5.74) is 5.55. The molecule has 10 aliphatic rings. The number of nitrogens with zero attached hydrogens (tertiary/aromatic N) is 10. The molecule has 85 heavy (non-hydrogen) atoms. The van der Waals surface area contributed by atoms with E-state index in [1.54, 1.807) is 0 Å². The van der Waals surface area contributed by atoms with Crippen LogP contribution in [0.3, 0.4) is 0 Å². The summed E-state index contributed by atoms with van der Waals surface area (Å²) in [6.45, 7) is -4.50. The Morgan fingerprint density at radius 1 is 0.247 bits per heavy atom. The third-order valence-electron chi connectivity index (χ3n) is 18.7. The molecule has 10 fully saturated rings. The highest BCUT2D eigenvalue weighted by molar-refractivity contribution is 6.00. The van der Waals surface area contributed by atoms with Crippen molar-refractivity contribution in [2.75, 3.05) is 72.0 Å². The van der Waals surface area contributed by atoms with Crippen molar-refractivity contribution >= 4 is 65.0 Å². The van der Waals surface area contributed by atoms with Crippen LogP contribution >= 0.6 is 0 Å². The van der Waals surface area contributed by atoms with Gasteiger partial charge in [0.05, 0.1) is 67.6 Å². The molecule has 0 aromatic rings. The Labute approximate surface area is 485 Å². The Morgan fingerprint density at radius 2 is 0.376 bits per heavy atom. The summed E-state index contributed by atoms with van der Waals surface area (Å²) in [5, 5.41) is 118. The maximum absolute atomic E-state index is 14.8. The van der Waals surface area contributed by atoms with Crippen LogP contribution in [-0.2, 0) is 52.7 Å². The zero-order valence-electron chi connectivity index (χ0n) is 46.4. The van der Waals surface area contributed by atoms with Crippen LogP contribution in [0.4, 0.5) is 0 Å². The second-order valence-corrected chi connectivity index (χ2v) is 24.6. The predicted octanol–water partition coefficient (Wildman–Crippen LogP) is -11.4. The van der Waals surface area contributed by atoms with Gasteiger partial charge in [0.2, 0.25) is 59.1 Å². The van der Waals surface area contributed by atoms with E-state index in [0.717, 1.165) is 49.0 Å². The number of hydrogen-bond acceptors (Lipinski definition) is 22. The van der Waals surface area contributed by atoms with Crippen molar-refractivity contribution in [1.29, 1.82) is 0 Å². The van der Waals surface area contributed by atoms with Crippen LogP contribution in [0.1, 0.15) is 64.2 Å². The molecule has 0 aliphatic carbocycles. The molecule has 13 N–H and O–H groups in total. The molecule has 33 nitrogen and oxygen atoms in total. The van der Waals surface area contributed by atoms with Gasteiger partial charge in [0, 0.05) is 130 Å². The molecule has 470 valence electrons. The lowest BCUT2D eigenvalue weighted by Crippen LogP contribution is -2.59. The van der Waals surface area contributed by atoms with E-state index in [-0.39, 0.29) is 71.0 Å². The number of aliphatic carboxylic acids is 1. The lowest BCUT2D eigenvalue weighted by atomic mass is 10.1. The number of carbonyl (C=O) groups is 11. The molecule has 10 saturated heterocycles. The predicted molar refractivity (Wildman–Crippen MR) is 278 cm³/mol. The van der Waals surface area contributed by atoms with Gasteiger partial charge in [-0.05, 0) is 0 Å². The van der Waals surface area contributed by atoms with Gasteiger partial charge in [-0.1, -0.05) is 0 Å². The van der Waals surface area contributed by atoms with Crippen molar-refractivity contribution in [3.05, 3.63) is 0 Å². The number of amides is 10. The molecule has 10 amide bonds. The van der Waals surface area contributed by atoms with Crippen LogP contribution in [-0.4, -0.2) is 364 Å². The van der Waals surface area contributed by atoms with Gasteiger partial charge in [-0.15, -0.1) is 0 Å². The highest BCUT2D eigenvalue weighted by Crippen LogP contribution is 2.36. The van der Waals surface area contributed by atoms with Gasteiger partial charge < -0.3 is 111 Å². The number of carboxylic acids is 1. The minimum absolute atomic E-state index is 0.171. The van der Waals surface area contributed by atoms with E-state index in [0.29, 0.717) is 0 Å². The van der Waals surface area contributed by atoms with E-state index >= 15 is 0 Å². The molecule has 10 rings (SSSR count). The van der Waals surface area contributed by atoms with Crippen molar-refractivity contribution < 1.29 is 109 Å². The SMILES string of the molecule is NCC(=O)N1C[C@H](O)C[C@H]1C(=O)N1C[C@H](O)C[C@H]1C(=O)N1C[C@H](O)C[C@H]1C(=O)N1C[C@H](O)C[C@H]1C(=O)N1C[C@H](O)C[C@H]1C(=O)N1C[C@H](O)C[C@H]1C(=O)N1C[C@H](O)C[C@H]1C(=O)N1C[C@H](O)C[C@H]1C(=O)N1C[C@H](O)C[C@H]1C(=O)N1C[C@H](O)C[C@H]1C(=O)O. The van der Waals surface area contributed by atoms with Crippen molar-refractivity contribution in [2.24, 2.45) is 5.73 Å². The number of carbonyl (C=O) groups excluding carboxylic acids is 10. The third kappa shape index (κ3) is 11.6. The largest absolute Gasteiger partial charge is 0.480 e. The third-order valence-corrected chi connectivity index (χ3v) is 18.7. The van der Waals surface area contributed by atoms with Gasteiger partial charge in [0.15, 0.2) is 0 Å². The van der Waals surface area contributed by atoms with E-state index < -0.39 is 252 Å². The van der Waals surface area contributed by atoms with Crippen LogP contribution in [0.5, 0.6) is 0 Å². The zero-order chi connectivity index (χ0) is 61.5. The quantitative estimate of drug-likeness (QED) is 0.0914. The molecule has 0 saturated carbocycles. The molecule has 10 aliphatic heterocycles. The van der Waals surface area contributed by atoms with Crippen LogP contribution in [0.2, 0.25) is 0 Å². The first kappa shape index (κ1) is 61.8. The molecule has 20 atom stereocenters. The van der Waals surface area contributed by atoms with Crippen LogP contribution in [0.15, 0.2) is 0 Å². The Morgan fingerprint density at radius 3 is 0.529 bits per heavy atom. The minimum atomic E-state index is -1.54. The lowest BCUT2D eigenvalue weighted by Gasteiger charge is -2.37. The average Bonchev–Trinajstić information content (AvgIpc) is 2.59. The Kier molecular flexibility index (Phi) is 17.5. The Balaban J connectivity index is 0.824.